The molecule has 0 saturated carbocycles. The fourth-order valence-electron chi connectivity index (χ4n) is 4.65. The molecule has 1 aliphatic rings. The lowest BCUT2D eigenvalue weighted by Gasteiger charge is -2.32. The fraction of sp³-hybridized carbons (Fsp3) is 0.308. The molecule has 0 bridgehead atoms. The Labute approximate surface area is 200 Å². The van der Waals surface area contributed by atoms with Gasteiger partial charge in [0.15, 0.2) is 5.65 Å². The van der Waals surface area contributed by atoms with Crippen LogP contribution in [0.15, 0.2) is 61.1 Å². The highest BCUT2D eigenvalue weighted by molar-refractivity contribution is 6.36. The molecule has 1 N–H and O–H groups in total. The van der Waals surface area contributed by atoms with Crippen LogP contribution >= 0.6 is 0 Å². The van der Waals surface area contributed by atoms with E-state index in [-0.39, 0.29) is 5.91 Å². The van der Waals surface area contributed by atoms with Crippen molar-refractivity contribution in [3.8, 4) is 0 Å². The molecule has 1 aliphatic heterocycles. The molecule has 1 amide bonds. The van der Waals surface area contributed by atoms with Crippen molar-refractivity contribution in [3.05, 3.63) is 83.4 Å². The highest BCUT2D eigenvalue weighted by Gasteiger charge is 2.26. The van der Waals surface area contributed by atoms with Gasteiger partial charge in [-0.3, -0.25) is 9.78 Å². The quantitative estimate of drug-likeness (QED) is 0.455. The van der Waals surface area contributed by atoms with Gasteiger partial charge < -0.3 is 10.2 Å². The van der Waals surface area contributed by atoms with E-state index >= 15 is 0 Å². The maximum absolute atomic E-state index is 12.9. The van der Waals surface area contributed by atoms with Gasteiger partial charge >= 0.3 is 0 Å². The first-order valence-electron chi connectivity index (χ1n) is 11.9. The van der Waals surface area contributed by atoms with E-state index in [1.54, 1.807) is 6.20 Å². The van der Waals surface area contributed by atoms with E-state index in [0.29, 0.717) is 18.9 Å². The third kappa shape index (κ3) is 4.81. The summed E-state index contributed by atoms with van der Waals surface area (Å²) in [4.78, 5) is 24.0. The zero-order valence-corrected chi connectivity index (χ0v) is 19.7. The molecule has 1 fully saturated rings. The van der Waals surface area contributed by atoms with E-state index in [0.717, 1.165) is 59.7 Å². The van der Waals surface area contributed by atoms with Crippen molar-refractivity contribution in [1.82, 2.24) is 24.5 Å². The smallest absolute Gasteiger partial charge is 0.226 e. The van der Waals surface area contributed by atoms with Crippen molar-refractivity contribution < 1.29 is 4.79 Å². The first-order valence-corrected chi connectivity index (χ1v) is 11.9. The van der Waals surface area contributed by atoms with Crippen molar-refractivity contribution in [2.75, 3.05) is 18.4 Å². The van der Waals surface area contributed by atoms with Crippen molar-refractivity contribution >= 4 is 30.7 Å². The topological polar surface area (TPSA) is 75.4 Å². The molecule has 1 saturated heterocycles. The Morgan fingerprint density at radius 3 is 2.71 bits per heavy atom. The summed E-state index contributed by atoms with van der Waals surface area (Å²) in [5.74, 6) is 1.45. The van der Waals surface area contributed by atoms with Gasteiger partial charge in [-0.2, -0.15) is 9.61 Å². The number of carbonyl (C=O) groups is 1. The van der Waals surface area contributed by atoms with Crippen molar-refractivity contribution in [2.45, 2.75) is 38.6 Å². The molecule has 172 valence electrons. The summed E-state index contributed by atoms with van der Waals surface area (Å²) in [7, 11) is 2.04. The number of aromatic nitrogens is 4. The molecule has 5 rings (SSSR count). The summed E-state index contributed by atoms with van der Waals surface area (Å²) >= 11 is 0. The molecule has 7 nitrogen and oxygen atoms in total. The lowest BCUT2D eigenvalue weighted by atomic mass is 9.92. The number of piperidine rings is 1. The minimum absolute atomic E-state index is 0.206. The number of likely N-dealkylation sites (tertiary alicyclic amines) is 1. The molecule has 0 radical (unpaired) electrons. The predicted octanol–water partition coefficient (Wildman–Crippen LogP) is 2.25. The van der Waals surface area contributed by atoms with Crippen LogP contribution in [0.25, 0.3) is 5.65 Å². The number of amides is 1. The molecule has 0 spiro atoms. The lowest BCUT2D eigenvalue weighted by molar-refractivity contribution is -0.131. The van der Waals surface area contributed by atoms with Crippen LogP contribution in [0.2, 0.25) is 0 Å². The average molecular weight is 452 g/mol. The molecular formula is C26H29BN6O. The van der Waals surface area contributed by atoms with Crippen LogP contribution in [0.4, 0.5) is 5.82 Å². The third-order valence-electron chi connectivity index (χ3n) is 6.57. The fourth-order valence-corrected chi connectivity index (χ4v) is 4.65. The van der Waals surface area contributed by atoms with Gasteiger partial charge in [-0.05, 0) is 42.4 Å². The molecule has 4 aromatic rings. The number of anilines is 1. The molecule has 0 atom stereocenters. The summed E-state index contributed by atoms with van der Waals surface area (Å²) in [6.45, 7) is 4.25. The molecule has 0 aliphatic carbocycles. The van der Waals surface area contributed by atoms with Crippen molar-refractivity contribution in [1.29, 1.82) is 0 Å². The van der Waals surface area contributed by atoms with E-state index in [1.165, 1.54) is 5.56 Å². The van der Waals surface area contributed by atoms with Gasteiger partial charge in [0.25, 0.3) is 0 Å². The number of carbonyl (C=O) groups excluding carboxylic acids is 1. The highest BCUT2D eigenvalue weighted by atomic mass is 16.2. The maximum atomic E-state index is 12.9. The van der Waals surface area contributed by atoms with Gasteiger partial charge in [0, 0.05) is 55.9 Å². The summed E-state index contributed by atoms with van der Waals surface area (Å²) in [5.41, 5.74) is 6.38. The van der Waals surface area contributed by atoms with Gasteiger partial charge in [0.1, 0.15) is 13.7 Å². The van der Waals surface area contributed by atoms with Gasteiger partial charge in [-0.1, -0.05) is 35.9 Å². The monoisotopic (exact) mass is 452 g/mol. The van der Waals surface area contributed by atoms with Crippen LogP contribution in [0.5, 0.6) is 0 Å². The number of rotatable bonds is 6. The molecule has 34 heavy (non-hydrogen) atoms. The number of hydrogen-bond donors (Lipinski definition) is 1. The minimum atomic E-state index is 0.206. The van der Waals surface area contributed by atoms with Crippen LogP contribution in [-0.4, -0.2) is 51.3 Å². The van der Waals surface area contributed by atoms with Gasteiger partial charge in [0.05, 0.1) is 6.42 Å². The number of nitrogens with one attached hydrogen (secondary N) is 1. The standard InChI is InChI=1S/C26H29BN6O/c1-18-4-2-5-19(12-18)13-25(34)32-10-7-21(8-11-32)23-14-24(29-16-20-6-3-9-28-15-20)33-26(31-23)22(27)17-30-33/h2-6,9,12,14-15,17,21,29H,7-8,10-11,13,16,27H2,1H3. The van der Waals surface area contributed by atoms with E-state index in [9.17, 15) is 4.79 Å². The first-order chi connectivity index (χ1) is 16.6. The van der Waals surface area contributed by atoms with Crippen LogP contribution < -0.4 is 10.8 Å². The average Bonchev–Trinajstić information content (AvgIpc) is 3.24. The molecule has 8 heteroatoms. The van der Waals surface area contributed by atoms with Crippen LogP contribution in [0.1, 0.15) is 41.1 Å². The Morgan fingerprint density at radius 1 is 1.12 bits per heavy atom. The number of aryl methyl sites for hydroxylation is 1. The number of hydrogen-bond acceptors (Lipinski definition) is 5. The Kier molecular flexibility index (Phi) is 6.30. The van der Waals surface area contributed by atoms with E-state index < -0.39 is 0 Å². The lowest BCUT2D eigenvalue weighted by Crippen LogP contribution is -2.39. The second kappa shape index (κ2) is 9.67. The second-order valence-electron chi connectivity index (χ2n) is 9.16. The Morgan fingerprint density at radius 2 is 1.94 bits per heavy atom. The summed E-state index contributed by atoms with van der Waals surface area (Å²) in [5, 5.41) is 8.03. The Balaban J connectivity index is 1.29. The number of nitrogens with zero attached hydrogens (tertiary/aromatic N) is 5. The van der Waals surface area contributed by atoms with Gasteiger partial charge in [0.2, 0.25) is 5.91 Å². The number of fused-ring (bicyclic) bond motifs is 1. The molecule has 4 heterocycles. The summed E-state index contributed by atoms with van der Waals surface area (Å²) < 4.78 is 1.87. The largest absolute Gasteiger partial charge is 0.366 e. The van der Waals surface area contributed by atoms with Gasteiger partial charge in [-0.25, -0.2) is 4.98 Å². The molecule has 3 aromatic heterocycles. The zero-order chi connectivity index (χ0) is 23.5. The zero-order valence-electron chi connectivity index (χ0n) is 19.7. The number of pyridine rings is 1. The van der Waals surface area contributed by atoms with Crippen LogP contribution in [0, 0.1) is 6.92 Å². The van der Waals surface area contributed by atoms with E-state index in [2.05, 4.69) is 46.6 Å². The highest BCUT2D eigenvalue weighted by Crippen LogP contribution is 2.29. The Hall–Kier alpha value is -3.68. The molecular weight excluding hydrogens is 423 g/mol. The van der Waals surface area contributed by atoms with E-state index in [4.69, 9.17) is 4.98 Å². The van der Waals surface area contributed by atoms with Crippen molar-refractivity contribution in [2.24, 2.45) is 0 Å². The SMILES string of the molecule is Bc1cnn2c(NCc3cccnc3)cc(C3CCN(C(=O)Cc4cccc(C)c4)CC3)nc12. The molecule has 1 aromatic carbocycles. The summed E-state index contributed by atoms with van der Waals surface area (Å²) in [6.07, 6.45) is 7.79. The molecule has 0 unspecified atom stereocenters. The number of benzene rings is 1. The summed E-state index contributed by atoms with van der Waals surface area (Å²) in [6, 6.07) is 14.3. The normalized spacial score (nSPS) is 14.4. The van der Waals surface area contributed by atoms with Gasteiger partial charge in [-0.15, -0.1) is 0 Å². The second-order valence-corrected chi connectivity index (χ2v) is 9.16. The minimum Gasteiger partial charge on any atom is -0.366 e. The third-order valence-corrected chi connectivity index (χ3v) is 6.57. The van der Waals surface area contributed by atoms with Crippen LogP contribution in [-0.2, 0) is 17.8 Å². The van der Waals surface area contributed by atoms with Crippen LogP contribution in [0.3, 0.4) is 0 Å². The van der Waals surface area contributed by atoms with Crippen molar-refractivity contribution in [3.63, 3.8) is 0 Å². The first kappa shape index (κ1) is 22.1. The predicted molar refractivity (Wildman–Crippen MR) is 136 cm³/mol. The Bertz CT molecular complexity index is 1300. The van der Waals surface area contributed by atoms with E-state index in [1.807, 2.05) is 47.9 Å². The maximum Gasteiger partial charge on any atom is 0.226 e.